The van der Waals surface area contributed by atoms with Crippen LogP contribution in [0.2, 0.25) is 5.02 Å². The highest BCUT2D eigenvalue weighted by Crippen LogP contribution is 2.16. The molecule has 0 radical (unpaired) electrons. The Morgan fingerprint density at radius 1 is 1.48 bits per heavy atom. The van der Waals surface area contributed by atoms with E-state index < -0.39 is 5.82 Å². The Labute approximate surface area is 170 Å². The summed E-state index contributed by atoms with van der Waals surface area (Å²) in [5.74, 6) is 0.427. The van der Waals surface area contributed by atoms with Gasteiger partial charge in [-0.3, -0.25) is 9.79 Å². The average Bonchev–Trinajstić information content (AvgIpc) is 3.02. The first-order chi connectivity index (χ1) is 11.4. The number of amides is 1. The highest BCUT2D eigenvalue weighted by Gasteiger charge is 2.27. The molecule has 1 saturated heterocycles. The van der Waals surface area contributed by atoms with Crippen LogP contribution in [0.1, 0.15) is 25.8 Å². The molecule has 1 aromatic rings. The van der Waals surface area contributed by atoms with Crippen LogP contribution in [0.5, 0.6) is 0 Å². The fourth-order valence-electron chi connectivity index (χ4n) is 2.67. The van der Waals surface area contributed by atoms with Crippen molar-refractivity contribution in [2.24, 2.45) is 10.9 Å². The van der Waals surface area contributed by atoms with Gasteiger partial charge in [-0.1, -0.05) is 31.5 Å². The average molecular weight is 483 g/mol. The lowest BCUT2D eigenvalue weighted by Gasteiger charge is -2.20. The molecule has 0 spiro atoms. The third kappa shape index (κ3) is 6.29. The van der Waals surface area contributed by atoms with Crippen LogP contribution in [-0.2, 0) is 11.3 Å². The van der Waals surface area contributed by atoms with E-state index in [0.717, 1.165) is 18.5 Å². The topological polar surface area (TPSA) is 56.7 Å². The molecule has 1 aromatic carbocycles. The molecule has 8 heteroatoms. The van der Waals surface area contributed by atoms with Gasteiger partial charge in [-0.25, -0.2) is 4.39 Å². The minimum atomic E-state index is -0.427. The van der Waals surface area contributed by atoms with E-state index in [2.05, 4.69) is 15.6 Å². The molecule has 1 atom stereocenters. The van der Waals surface area contributed by atoms with Crippen LogP contribution >= 0.6 is 35.6 Å². The zero-order chi connectivity index (χ0) is 17.7. The SMILES string of the molecule is CN=C(NCc1ccc(F)c(Cl)c1)NC1CCN(C(=O)C(C)C)C1.I. The fourth-order valence-corrected chi connectivity index (χ4v) is 2.87. The number of benzene rings is 1. The summed E-state index contributed by atoms with van der Waals surface area (Å²) in [6, 6.07) is 4.80. The van der Waals surface area contributed by atoms with E-state index in [1.54, 1.807) is 19.2 Å². The molecule has 25 heavy (non-hydrogen) atoms. The molecular weight excluding hydrogens is 458 g/mol. The number of hydrogen-bond donors (Lipinski definition) is 2. The van der Waals surface area contributed by atoms with Gasteiger partial charge in [0.2, 0.25) is 5.91 Å². The third-order valence-corrected chi connectivity index (χ3v) is 4.29. The van der Waals surface area contributed by atoms with Crippen molar-refractivity contribution in [1.82, 2.24) is 15.5 Å². The van der Waals surface area contributed by atoms with Gasteiger partial charge in [-0.15, -0.1) is 24.0 Å². The number of aliphatic imine (C=N–C) groups is 1. The van der Waals surface area contributed by atoms with Crippen LogP contribution in [0.25, 0.3) is 0 Å². The molecule has 5 nitrogen and oxygen atoms in total. The van der Waals surface area contributed by atoms with Gasteiger partial charge in [0, 0.05) is 38.6 Å². The second kappa shape index (κ2) is 10.2. The minimum absolute atomic E-state index is 0. The fraction of sp³-hybridized carbons (Fsp3) is 0.529. The monoisotopic (exact) mass is 482 g/mol. The molecule has 0 aromatic heterocycles. The Morgan fingerprint density at radius 2 is 2.20 bits per heavy atom. The van der Waals surface area contributed by atoms with E-state index in [4.69, 9.17) is 11.6 Å². The van der Waals surface area contributed by atoms with Gasteiger partial charge < -0.3 is 15.5 Å². The van der Waals surface area contributed by atoms with Gasteiger partial charge in [0.25, 0.3) is 0 Å². The molecule has 0 saturated carbocycles. The van der Waals surface area contributed by atoms with Crippen molar-refractivity contribution in [1.29, 1.82) is 0 Å². The van der Waals surface area contributed by atoms with Gasteiger partial charge in [0.05, 0.1) is 5.02 Å². The molecule has 0 bridgehead atoms. The molecule has 1 fully saturated rings. The number of halogens is 3. The van der Waals surface area contributed by atoms with Gasteiger partial charge in [0.1, 0.15) is 5.82 Å². The number of hydrogen-bond acceptors (Lipinski definition) is 2. The second-order valence-corrected chi connectivity index (χ2v) is 6.65. The molecule has 1 heterocycles. The Hall–Kier alpha value is -1.09. The minimum Gasteiger partial charge on any atom is -0.352 e. The molecule has 1 unspecified atom stereocenters. The Bertz CT molecular complexity index is 627. The van der Waals surface area contributed by atoms with Crippen LogP contribution < -0.4 is 10.6 Å². The van der Waals surface area contributed by atoms with E-state index in [0.29, 0.717) is 19.0 Å². The summed E-state index contributed by atoms with van der Waals surface area (Å²) in [5.41, 5.74) is 0.868. The summed E-state index contributed by atoms with van der Waals surface area (Å²) in [5, 5.41) is 6.61. The molecule has 2 rings (SSSR count). The van der Waals surface area contributed by atoms with Gasteiger partial charge in [-0.2, -0.15) is 0 Å². The lowest BCUT2D eigenvalue weighted by atomic mass is 10.2. The van der Waals surface area contributed by atoms with E-state index in [9.17, 15) is 9.18 Å². The summed E-state index contributed by atoms with van der Waals surface area (Å²) < 4.78 is 13.2. The van der Waals surface area contributed by atoms with E-state index >= 15 is 0 Å². The van der Waals surface area contributed by atoms with Crippen LogP contribution in [0.4, 0.5) is 4.39 Å². The van der Waals surface area contributed by atoms with Crippen molar-refractivity contribution >= 4 is 47.4 Å². The number of likely N-dealkylation sites (tertiary alicyclic amines) is 1. The third-order valence-electron chi connectivity index (χ3n) is 4.00. The number of carbonyl (C=O) groups excluding carboxylic acids is 1. The molecule has 0 aliphatic carbocycles. The maximum atomic E-state index is 13.2. The molecule has 1 amide bonds. The maximum Gasteiger partial charge on any atom is 0.225 e. The van der Waals surface area contributed by atoms with Crippen molar-refractivity contribution in [3.8, 4) is 0 Å². The van der Waals surface area contributed by atoms with Gasteiger partial charge in [0.15, 0.2) is 5.96 Å². The lowest BCUT2D eigenvalue weighted by molar-refractivity contribution is -0.133. The first-order valence-corrected chi connectivity index (χ1v) is 8.48. The molecule has 1 aliphatic heterocycles. The summed E-state index contributed by atoms with van der Waals surface area (Å²) >= 11 is 5.79. The summed E-state index contributed by atoms with van der Waals surface area (Å²) in [7, 11) is 1.69. The van der Waals surface area contributed by atoms with Crippen LogP contribution in [0.3, 0.4) is 0 Å². The number of nitrogens with one attached hydrogen (secondary N) is 2. The van der Waals surface area contributed by atoms with Crippen LogP contribution in [0, 0.1) is 11.7 Å². The molecular formula is C17H25ClFIN4O. The molecule has 140 valence electrons. The van der Waals surface area contributed by atoms with E-state index in [1.165, 1.54) is 6.07 Å². The standard InChI is InChI=1S/C17H24ClFN4O.HI/c1-11(2)16(24)23-7-6-13(10-23)22-17(20-3)21-9-12-4-5-15(19)14(18)8-12;/h4-5,8,11,13H,6-7,9-10H2,1-3H3,(H2,20,21,22);1H. The lowest BCUT2D eigenvalue weighted by Crippen LogP contribution is -2.45. The van der Waals surface area contributed by atoms with Crippen molar-refractivity contribution < 1.29 is 9.18 Å². The summed E-state index contributed by atoms with van der Waals surface area (Å²) in [4.78, 5) is 18.1. The predicted octanol–water partition coefficient (Wildman–Crippen LogP) is 3.02. The van der Waals surface area contributed by atoms with Crippen molar-refractivity contribution in [3.05, 3.63) is 34.6 Å². The zero-order valence-electron chi connectivity index (χ0n) is 14.7. The highest BCUT2D eigenvalue weighted by atomic mass is 127. The zero-order valence-corrected chi connectivity index (χ0v) is 17.8. The quantitative estimate of drug-likeness (QED) is 0.394. The second-order valence-electron chi connectivity index (χ2n) is 6.24. The van der Waals surface area contributed by atoms with E-state index in [1.807, 2.05) is 18.7 Å². The number of carbonyl (C=O) groups is 1. The maximum absolute atomic E-state index is 13.2. The van der Waals surface area contributed by atoms with Crippen molar-refractivity contribution in [2.75, 3.05) is 20.1 Å². The number of nitrogens with zero attached hydrogens (tertiary/aromatic N) is 2. The smallest absolute Gasteiger partial charge is 0.225 e. The van der Waals surface area contributed by atoms with Crippen molar-refractivity contribution in [2.45, 2.75) is 32.9 Å². The van der Waals surface area contributed by atoms with Crippen molar-refractivity contribution in [3.63, 3.8) is 0 Å². The predicted molar refractivity (Wildman–Crippen MR) is 110 cm³/mol. The number of guanidine groups is 1. The molecule has 1 aliphatic rings. The summed E-state index contributed by atoms with van der Waals surface area (Å²) in [6.45, 7) is 5.76. The Morgan fingerprint density at radius 3 is 2.80 bits per heavy atom. The summed E-state index contributed by atoms with van der Waals surface area (Å²) in [6.07, 6.45) is 0.890. The first-order valence-electron chi connectivity index (χ1n) is 8.10. The molecule has 2 N–H and O–H groups in total. The first kappa shape index (κ1) is 22.0. The van der Waals surface area contributed by atoms with Crippen LogP contribution in [0.15, 0.2) is 23.2 Å². The normalized spacial score (nSPS) is 17.4. The Balaban J connectivity index is 0.00000312. The van der Waals surface area contributed by atoms with Gasteiger partial charge >= 0.3 is 0 Å². The van der Waals surface area contributed by atoms with Gasteiger partial charge in [-0.05, 0) is 24.1 Å². The number of rotatable bonds is 4. The van der Waals surface area contributed by atoms with Crippen LogP contribution in [-0.4, -0.2) is 42.9 Å². The van der Waals surface area contributed by atoms with E-state index in [-0.39, 0.29) is 46.9 Å². The Kier molecular flexibility index (Phi) is 8.92. The highest BCUT2D eigenvalue weighted by molar-refractivity contribution is 14.0. The largest absolute Gasteiger partial charge is 0.352 e.